The van der Waals surface area contributed by atoms with Gasteiger partial charge in [-0.2, -0.15) is 0 Å². The maximum absolute atomic E-state index is 12.5. The van der Waals surface area contributed by atoms with Crippen LogP contribution in [0, 0.1) is 0 Å². The monoisotopic (exact) mass is 358 g/mol. The van der Waals surface area contributed by atoms with E-state index < -0.39 is 10.0 Å². The lowest BCUT2D eigenvalue weighted by Gasteiger charge is -2.16. The zero-order valence-corrected chi connectivity index (χ0v) is 15.2. The van der Waals surface area contributed by atoms with E-state index in [1.165, 1.54) is 23.6 Å². The number of carbonyl (C=O) groups excluding carboxylic acids is 1. The summed E-state index contributed by atoms with van der Waals surface area (Å²) in [6, 6.07) is 12.7. The predicted octanol–water partition coefficient (Wildman–Crippen LogP) is 3.04. The third-order valence-corrected chi connectivity index (χ3v) is 5.00. The van der Waals surface area contributed by atoms with E-state index in [9.17, 15) is 13.2 Å². The molecule has 25 heavy (non-hydrogen) atoms. The van der Waals surface area contributed by atoms with Crippen LogP contribution in [0.1, 0.15) is 46.4 Å². The predicted molar refractivity (Wildman–Crippen MR) is 99.3 cm³/mol. The first-order chi connectivity index (χ1) is 11.8. The smallest absolute Gasteiger partial charge is 0.251 e. The van der Waals surface area contributed by atoms with Gasteiger partial charge in [-0.3, -0.25) is 9.52 Å². The summed E-state index contributed by atoms with van der Waals surface area (Å²) in [7, 11) is -3.37. The molecule has 0 saturated carbocycles. The minimum absolute atomic E-state index is 0.120. The number of hydrogen-bond donors (Lipinski definition) is 2. The maximum Gasteiger partial charge on any atom is 0.251 e. The molecule has 5 nitrogen and oxygen atoms in total. The minimum atomic E-state index is -3.37. The second-order valence-corrected chi connectivity index (χ2v) is 8.28. The van der Waals surface area contributed by atoms with E-state index in [1.54, 1.807) is 18.2 Å². The molecule has 1 aliphatic rings. The largest absolute Gasteiger partial charge is 0.346 e. The van der Waals surface area contributed by atoms with E-state index in [-0.39, 0.29) is 11.9 Å². The summed E-state index contributed by atoms with van der Waals surface area (Å²) in [5.74, 6) is -0.231. The highest BCUT2D eigenvalue weighted by molar-refractivity contribution is 7.92. The molecule has 2 aromatic carbocycles. The molecule has 6 heteroatoms. The molecule has 0 radical (unpaired) electrons. The Bertz CT molecular complexity index is 907. The van der Waals surface area contributed by atoms with Crippen molar-refractivity contribution in [1.29, 1.82) is 0 Å². The fourth-order valence-electron chi connectivity index (χ4n) is 3.16. The lowest BCUT2D eigenvalue weighted by molar-refractivity contribution is 0.0940. The first-order valence-electron chi connectivity index (χ1n) is 8.32. The normalized spacial score (nSPS) is 14.6. The van der Waals surface area contributed by atoms with E-state index in [0.717, 1.165) is 24.7 Å². The topological polar surface area (TPSA) is 75.3 Å². The van der Waals surface area contributed by atoms with Gasteiger partial charge in [0, 0.05) is 11.3 Å². The molecular formula is C19H22N2O3S. The quantitative estimate of drug-likeness (QED) is 0.863. The average molecular weight is 358 g/mol. The highest BCUT2D eigenvalue weighted by atomic mass is 32.2. The fourth-order valence-corrected chi connectivity index (χ4v) is 3.72. The van der Waals surface area contributed by atoms with E-state index in [0.29, 0.717) is 11.3 Å². The SMILES string of the molecule is CC(NC(=O)c1cccc(NS(C)(=O)=O)c1)c1ccc2c(c1)CCC2. The Balaban J connectivity index is 1.72. The number of sulfonamides is 1. The molecule has 1 atom stereocenters. The molecular weight excluding hydrogens is 336 g/mol. The van der Waals surface area contributed by atoms with Crippen molar-refractivity contribution in [3.63, 3.8) is 0 Å². The average Bonchev–Trinajstić information content (AvgIpc) is 3.01. The summed E-state index contributed by atoms with van der Waals surface area (Å²) in [6.45, 7) is 1.95. The van der Waals surface area contributed by atoms with Gasteiger partial charge in [-0.15, -0.1) is 0 Å². The molecule has 0 heterocycles. The fraction of sp³-hybridized carbons (Fsp3) is 0.316. The van der Waals surface area contributed by atoms with Gasteiger partial charge in [-0.25, -0.2) is 8.42 Å². The van der Waals surface area contributed by atoms with E-state index in [2.05, 4.69) is 28.2 Å². The number of anilines is 1. The Morgan fingerprint density at radius 2 is 1.84 bits per heavy atom. The van der Waals surface area contributed by atoms with Crippen molar-refractivity contribution in [3.05, 3.63) is 64.7 Å². The lowest BCUT2D eigenvalue weighted by Crippen LogP contribution is -2.26. The molecule has 0 fully saturated rings. The number of amides is 1. The number of benzene rings is 2. The van der Waals surface area contributed by atoms with Gasteiger partial charge in [-0.05, 0) is 61.1 Å². The number of nitrogens with one attached hydrogen (secondary N) is 2. The summed E-state index contributed by atoms with van der Waals surface area (Å²) in [5, 5.41) is 2.98. The third-order valence-electron chi connectivity index (χ3n) is 4.40. The van der Waals surface area contributed by atoms with E-state index >= 15 is 0 Å². The van der Waals surface area contributed by atoms with Gasteiger partial charge >= 0.3 is 0 Å². The van der Waals surface area contributed by atoms with Gasteiger partial charge in [-0.1, -0.05) is 24.3 Å². The molecule has 0 saturated heterocycles. The van der Waals surface area contributed by atoms with Crippen LogP contribution in [0.3, 0.4) is 0 Å². The number of aryl methyl sites for hydroxylation is 2. The molecule has 3 rings (SSSR count). The molecule has 0 aliphatic heterocycles. The van der Waals surface area contributed by atoms with Crippen molar-refractivity contribution < 1.29 is 13.2 Å². The van der Waals surface area contributed by atoms with Crippen molar-refractivity contribution in [3.8, 4) is 0 Å². The standard InChI is InChI=1S/C19H22N2O3S/c1-13(15-10-9-14-5-3-6-16(14)11-15)20-19(22)17-7-4-8-18(12-17)21-25(2,23)24/h4,7-13,21H,3,5-6H2,1-2H3,(H,20,22). The molecule has 0 aromatic heterocycles. The van der Waals surface area contributed by atoms with Crippen molar-refractivity contribution in [2.24, 2.45) is 0 Å². The first kappa shape index (κ1) is 17.5. The zero-order chi connectivity index (χ0) is 18.0. The number of fused-ring (bicyclic) bond motifs is 1. The number of rotatable bonds is 5. The van der Waals surface area contributed by atoms with Gasteiger partial charge in [0.1, 0.15) is 0 Å². The summed E-state index contributed by atoms with van der Waals surface area (Å²) in [4.78, 5) is 12.5. The van der Waals surface area contributed by atoms with Crippen molar-refractivity contribution in [2.75, 3.05) is 11.0 Å². The zero-order valence-electron chi connectivity index (χ0n) is 14.4. The van der Waals surface area contributed by atoms with Gasteiger partial charge < -0.3 is 5.32 Å². The second kappa shape index (κ2) is 6.88. The van der Waals surface area contributed by atoms with E-state index in [4.69, 9.17) is 0 Å². The van der Waals surface area contributed by atoms with Crippen LogP contribution in [0.5, 0.6) is 0 Å². The lowest BCUT2D eigenvalue weighted by atomic mass is 10.0. The van der Waals surface area contributed by atoms with Gasteiger partial charge in [0.15, 0.2) is 0 Å². The highest BCUT2D eigenvalue weighted by Gasteiger charge is 2.16. The summed E-state index contributed by atoms with van der Waals surface area (Å²) in [5.41, 5.74) is 4.65. The molecule has 0 bridgehead atoms. The number of carbonyl (C=O) groups is 1. The molecule has 1 aliphatic carbocycles. The van der Waals surface area contributed by atoms with Gasteiger partial charge in [0.05, 0.1) is 12.3 Å². The Hall–Kier alpha value is -2.34. The Kier molecular flexibility index (Phi) is 4.81. The van der Waals surface area contributed by atoms with Crippen molar-refractivity contribution >= 4 is 21.6 Å². The third kappa shape index (κ3) is 4.39. The van der Waals surface area contributed by atoms with Crippen LogP contribution < -0.4 is 10.0 Å². The second-order valence-electron chi connectivity index (χ2n) is 6.53. The summed E-state index contributed by atoms with van der Waals surface area (Å²) in [6.07, 6.45) is 4.51. The number of hydrogen-bond acceptors (Lipinski definition) is 3. The highest BCUT2D eigenvalue weighted by Crippen LogP contribution is 2.25. The molecule has 132 valence electrons. The summed E-state index contributed by atoms with van der Waals surface area (Å²) >= 11 is 0. The van der Waals surface area contributed by atoms with Crippen molar-refractivity contribution in [2.45, 2.75) is 32.2 Å². The minimum Gasteiger partial charge on any atom is -0.346 e. The maximum atomic E-state index is 12.5. The van der Waals surface area contributed by atoms with Crippen LogP contribution in [-0.2, 0) is 22.9 Å². The first-order valence-corrected chi connectivity index (χ1v) is 10.2. The van der Waals surface area contributed by atoms with Crippen molar-refractivity contribution in [1.82, 2.24) is 5.32 Å². The van der Waals surface area contributed by atoms with Crippen LogP contribution in [0.15, 0.2) is 42.5 Å². The van der Waals surface area contributed by atoms with Gasteiger partial charge in [0.2, 0.25) is 10.0 Å². The Labute approximate surface area is 148 Å². The van der Waals surface area contributed by atoms with Crippen LogP contribution >= 0.6 is 0 Å². The molecule has 1 amide bonds. The molecule has 0 spiro atoms. The van der Waals surface area contributed by atoms with Crippen LogP contribution in [0.4, 0.5) is 5.69 Å². The molecule has 2 aromatic rings. The Morgan fingerprint density at radius 1 is 1.08 bits per heavy atom. The molecule has 2 N–H and O–H groups in total. The summed E-state index contributed by atoms with van der Waals surface area (Å²) < 4.78 is 25.0. The van der Waals surface area contributed by atoms with E-state index in [1.807, 2.05) is 6.92 Å². The Morgan fingerprint density at radius 3 is 2.60 bits per heavy atom. The van der Waals surface area contributed by atoms with Crippen LogP contribution in [-0.4, -0.2) is 20.6 Å². The van der Waals surface area contributed by atoms with Crippen LogP contribution in [0.2, 0.25) is 0 Å². The van der Waals surface area contributed by atoms with Crippen LogP contribution in [0.25, 0.3) is 0 Å². The molecule has 1 unspecified atom stereocenters. The van der Waals surface area contributed by atoms with Gasteiger partial charge in [0.25, 0.3) is 5.91 Å².